The van der Waals surface area contributed by atoms with Gasteiger partial charge in [-0.3, -0.25) is 4.79 Å². The minimum atomic E-state index is -3.52. The number of carbonyl (C=O) groups excluding carboxylic acids is 1. The molecule has 0 spiro atoms. The molecule has 0 heterocycles. The largest absolute Gasteiger partial charge is 0.356 e. The Morgan fingerprint density at radius 1 is 1.25 bits per heavy atom. The van der Waals surface area contributed by atoms with Gasteiger partial charge in [-0.2, -0.15) is 0 Å². The highest BCUT2D eigenvalue weighted by atomic mass is 32.2. The fourth-order valence-corrected chi connectivity index (χ4v) is 2.80. The summed E-state index contributed by atoms with van der Waals surface area (Å²) in [5, 5.41) is 2.80. The van der Waals surface area contributed by atoms with Crippen molar-refractivity contribution >= 4 is 15.9 Å². The van der Waals surface area contributed by atoms with E-state index in [1.165, 1.54) is 12.8 Å². The number of aryl methyl sites for hydroxylation is 1. The lowest BCUT2D eigenvalue weighted by Gasteiger charge is -2.07. The molecule has 2 rings (SSSR count). The molecule has 1 aromatic carbocycles. The second kappa shape index (κ2) is 6.37. The van der Waals surface area contributed by atoms with Gasteiger partial charge in [0.2, 0.25) is 15.9 Å². The minimum Gasteiger partial charge on any atom is -0.356 e. The maximum Gasteiger partial charge on any atom is 0.240 e. The van der Waals surface area contributed by atoms with Crippen molar-refractivity contribution in [1.29, 1.82) is 0 Å². The molecule has 1 aliphatic carbocycles. The van der Waals surface area contributed by atoms with Crippen molar-refractivity contribution < 1.29 is 13.2 Å². The molecule has 0 aliphatic heterocycles. The SMILES string of the molecule is Cc1ccc(S(=O)(=O)NCCC(=O)NCC2CC2)cc1. The number of benzene rings is 1. The lowest BCUT2D eigenvalue weighted by molar-refractivity contribution is -0.120. The van der Waals surface area contributed by atoms with Crippen molar-refractivity contribution in [3.8, 4) is 0 Å². The first kappa shape index (κ1) is 15.0. The van der Waals surface area contributed by atoms with Gasteiger partial charge in [0.15, 0.2) is 0 Å². The Morgan fingerprint density at radius 3 is 2.50 bits per heavy atom. The lowest BCUT2D eigenvalue weighted by atomic mass is 10.2. The average Bonchev–Trinajstić information content (AvgIpc) is 3.20. The third kappa shape index (κ3) is 4.61. The molecule has 20 heavy (non-hydrogen) atoms. The van der Waals surface area contributed by atoms with E-state index in [2.05, 4.69) is 10.0 Å². The minimum absolute atomic E-state index is 0.108. The highest BCUT2D eigenvalue weighted by molar-refractivity contribution is 7.89. The first-order valence-electron chi connectivity index (χ1n) is 6.80. The van der Waals surface area contributed by atoms with Crippen LogP contribution in [0.5, 0.6) is 0 Å². The third-order valence-electron chi connectivity index (χ3n) is 3.26. The van der Waals surface area contributed by atoms with Gasteiger partial charge in [-0.05, 0) is 37.8 Å². The molecule has 1 saturated carbocycles. The van der Waals surface area contributed by atoms with Crippen LogP contribution in [0, 0.1) is 12.8 Å². The Morgan fingerprint density at radius 2 is 1.90 bits per heavy atom. The van der Waals surface area contributed by atoms with Crippen molar-refractivity contribution in [3.63, 3.8) is 0 Å². The van der Waals surface area contributed by atoms with Crippen LogP contribution in [0.1, 0.15) is 24.8 Å². The van der Waals surface area contributed by atoms with Gasteiger partial charge in [0.1, 0.15) is 0 Å². The zero-order valence-corrected chi connectivity index (χ0v) is 12.4. The van der Waals surface area contributed by atoms with Crippen LogP contribution < -0.4 is 10.0 Å². The highest BCUT2D eigenvalue weighted by Gasteiger charge is 2.21. The van der Waals surface area contributed by atoms with Crippen LogP contribution in [0.15, 0.2) is 29.2 Å². The van der Waals surface area contributed by atoms with Crippen LogP contribution in [-0.4, -0.2) is 27.4 Å². The van der Waals surface area contributed by atoms with Gasteiger partial charge in [-0.25, -0.2) is 13.1 Å². The van der Waals surface area contributed by atoms with Crippen molar-refractivity contribution in [2.45, 2.75) is 31.1 Å². The van der Waals surface area contributed by atoms with E-state index in [0.29, 0.717) is 12.5 Å². The van der Waals surface area contributed by atoms with Crippen LogP contribution in [0.3, 0.4) is 0 Å². The molecular weight excluding hydrogens is 276 g/mol. The summed E-state index contributed by atoms with van der Waals surface area (Å²) in [4.78, 5) is 11.7. The summed E-state index contributed by atoms with van der Waals surface area (Å²) in [6.07, 6.45) is 2.53. The number of carbonyl (C=O) groups is 1. The molecule has 0 saturated heterocycles. The van der Waals surface area contributed by atoms with Crippen LogP contribution in [0.4, 0.5) is 0 Å². The van der Waals surface area contributed by atoms with Crippen LogP contribution in [-0.2, 0) is 14.8 Å². The van der Waals surface area contributed by atoms with Crippen molar-refractivity contribution in [1.82, 2.24) is 10.0 Å². The molecule has 1 amide bonds. The fraction of sp³-hybridized carbons (Fsp3) is 0.500. The van der Waals surface area contributed by atoms with E-state index < -0.39 is 10.0 Å². The van der Waals surface area contributed by atoms with E-state index in [-0.39, 0.29) is 23.8 Å². The summed E-state index contributed by atoms with van der Waals surface area (Å²) in [5.74, 6) is 0.520. The van der Waals surface area contributed by atoms with Gasteiger partial charge in [-0.15, -0.1) is 0 Å². The molecule has 0 unspecified atom stereocenters. The molecule has 2 N–H and O–H groups in total. The number of sulfonamides is 1. The molecule has 110 valence electrons. The van der Waals surface area contributed by atoms with E-state index in [9.17, 15) is 13.2 Å². The van der Waals surface area contributed by atoms with Crippen molar-refractivity contribution in [2.24, 2.45) is 5.92 Å². The monoisotopic (exact) mass is 296 g/mol. The smallest absolute Gasteiger partial charge is 0.240 e. The second-order valence-electron chi connectivity index (χ2n) is 5.21. The van der Waals surface area contributed by atoms with E-state index in [1.54, 1.807) is 24.3 Å². The first-order chi connectivity index (χ1) is 9.47. The van der Waals surface area contributed by atoms with Crippen LogP contribution >= 0.6 is 0 Å². The molecular formula is C14H20N2O3S. The molecule has 0 atom stereocenters. The number of amides is 1. The Kier molecular flexibility index (Phi) is 4.77. The van der Waals surface area contributed by atoms with Crippen LogP contribution in [0.2, 0.25) is 0 Å². The third-order valence-corrected chi connectivity index (χ3v) is 4.74. The number of nitrogens with one attached hydrogen (secondary N) is 2. The Balaban J connectivity index is 1.76. The fourth-order valence-electron chi connectivity index (χ4n) is 1.77. The summed E-state index contributed by atoms with van der Waals surface area (Å²) < 4.78 is 26.4. The van der Waals surface area contributed by atoms with Crippen molar-refractivity contribution in [2.75, 3.05) is 13.1 Å². The predicted octanol–water partition coefficient (Wildman–Crippen LogP) is 1.19. The zero-order chi connectivity index (χ0) is 14.6. The summed E-state index contributed by atoms with van der Waals surface area (Å²) in [5.41, 5.74) is 1.00. The molecule has 6 heteroatoms. The van der Waals surface area contributed by atoms with E-state index in [1.807, 2.05) is 6.92 Å². The van der Waals surface area contributed by atoms with Crippen LogP contribution in [0.25, 0.3) is 0 Å². The summed E-state index contributed by atoms with van der Waals surface area (Å²) in [7, 11) is -3.52. The lowest BCUT2D eigenvalue weighted by Crippen LogP contribution is -2.31. The topological polar surface area (TPSA) is 75.3 Å². The van der Waals surface area contributed by atoms with Crippen molar-refractivity contribution in [3.05, 3.63) is 29.8 Å². The van der Waals surface area contributed by atoms with Gasteiger partial charge in [0.05, 0.1) is 4.90 Å². The van der Waals surface area contributed by atoms with Gasteiger partial charge in [-0.1, -0.05) is 17.7 Å². The molecule has 1 aromatic rings. The molecule has 1 fully saturated rings. The van der Waals surface area contributed by atoms with Gasteiger partial charge in [0, 0.05) is 19.5 Å². The van der Waals surface area contributed by atoms with E-state index in [4.69, 9.17) is 0 Å². The summed E-state index contributed by atoms with van der Waals surface area (Å²) in [6.45, 7) is 2.73. The van der Waals surface area contributed by atoms with E-state index >= 15 is 0 Å². The Bertz CT molecular complexity index is 563. The quantitative estimate of drug-likeness (QED) is 0.793. The zero-order valence-electron chi connectivity index (χ0n) is 11.6. The number of rotatable bonds is 7. The summed E-state index contributed by atoms with van der Waals surface area (Å²) in [6, 6.07) is 6.61. The number of hydrogen-bond donors (Lipinski definition) is 2. The average molecular weight is 296 g/mol. The first-order valence-corrected chi connectivity index (χ1v) is 8.29. The Hall–Kier alpha value is -1.40. The predicted molar refractivity (Wildman–Crippen MR) is 76.7 cm³/mol. The molecule has 5 nitrogen and oxygen atoms in total. The molecule has 1 aliphatic rings. The highest BCUT2D eigenvalue weighted by Crippen LogP contribution is 2.27. The van der Waals surface area contributed by atoms with Gasteiger partial charge < -0.3 is 5.32 Å². The van der Waals surface area contributed by atoms with Gasteiger partial charge >= 0.3 is 0 Å². The molecule has 0 bridgehead atoms. The van der Waals surface area contributed by atoms with Gasteiger partial charge in [0.25, 0.3) is 0 Å². The second-order valence-corrected chi connectivity index (χ2v) is 6.98. The maximum atomic E-state index is 12.0. The summed E-state index contributed by atoms with van der Waals surface area (Å²) >= 11 is 0. The normalized spacial score (nSPS) is 15.1. The maximum absolute atomic E-state index is 12.0. The van der Waals surface area contributed by atoms with E-state index in [0.717, 1.165) is 5.56 Å². The molecule has 0 aromatic heterocycles. The molecule has 0 radical (unpaired) electrons. The standard InChI is InChI=1S/C14H20N2O3S/c1-11-2-6-13(7-3-11)20(18,19)16-9-8-14(17)15-10-12-4-5-12/h2-3,6-7,12,16H,4-5,8-10H2,1H3,(H,15,17). The Labute approximate surface area is 119 Å². The number of hydrogen-bond acceptors (Lipinski definition) is 3.